The van der Waals surface area contributed by atoms with Crippen molar-refractivity contribution in [3.05, 3.63) is 59.1 Å². The molecule has 1 heterocycles. The average molecular weight is 535 g/mol. The third kappa shape index (κ3) is 5.44. The largest absolute Gasteiger partial charge is 0.428 e. The van der Waals surface area contributed by atoms with Crippen molar-refractivity contribution in [3.8, 4) is 11.5 Å². The summed E-state index contributed by atoms with van der Waals surface area (Å²) in [4.78, 5) is 16.9. The Morgan fingerprint density at radius 2 is 1.75 bits per heavy atom. The number of carbonyl (C=O) groups is 1. The predicted molar refractivity (Wildman–Crippen MR) is 127 cm³/mol. The quantitative estimate of drug-likeness (QED) is 0.403. The summed E-state index contributed by atoms with van der Waals surface area (Å²) >= 11 is 4.38. The van der Waals surface area contributed by atoms with Gasteiger partial charge in [-0.05, 0) is 49.2 Å². The van der Waals surface area contributed by atoms with Crippen LogP contribution >= 0.6 is 27.7 Å². The molecule has 0 spiro atoms. The molecule has 6 nitrogen and oxygen atoms in total. The lowest BCUT2D eigenvalue weighted by molar-refractivity contribution is -0.119. The second-order valence-corrected chi connectivity index (χ2v) is 11.4. The second kappa shape index (κ2) is 10.2. The van der Waals surface area contributed by atoms with Crippen molar-refractivity contribution in [3.63, 3.8) is 0 Å². The normalized spacial score (nSPS) is 14.9. The maximum Gasteiger partial charge on any atom is 0.230 e. The Hall–Kier alpha value is -2.10. The molecule has 2 aromatic carbocycles. The van der Waals surface area contributed by atoms with Gasteiger partial charge in [-0.2, -0.15) is 4.98 Å². The number of amides is 1. The van der Waals surface area contributed by atoms with E-state index in [0.717, 1.165) is 41.9 Å². The summed E-state index contributed by atoms with van der Waals surface area (Å²) in [5.74, 6) is 0.131. The Labute approximate surface area is 200 Å². The maximum atomic E-state index is 13.3. The van der Waals surface area contributed by atoms with Gasteiger partial charge in [0.25, 0.3) is 0 Å². The molecule has 1 saturated carbocycles. The molecule has 3 aromatic rings. The van der Waals surface area contributed by atoms with Crippen molar-refractivity contribution in [2.45, 2.75) is 53.2 Å². The smallest absolute Gasteiger partial charge is 0.230 e. The van der Waals surface area contributed by atoms with E-state index < -0.39 is 9.84 Å². The molecule has 0 atom stereocenters. The van der Waals surface area contributed by atoms with Gasteiger partial charge in [-0.25, -0.2) is 8.42 Å². The van der Waals surface area contributed by atoms with Crippen LogP contribution in [-0.4, -0.2) is 31.1 Å². The lowest BCUT2D eigenvalue weighted by atomic mass is 9.95. The second-order valence-electron chi connectivity index (χ2n) is 7.63. The zero-order valence-electron chi connectivity index (χ0n) is 17.3. The summed E-state index contributed by atoms with van der Waals surface area (Å²) < 4.78 is 33.3. The molecule has 9 heteroatoms. The number of oxazole rings is 1. The Bertz CT molecular complexity index is 1170. The summed E-state index contributed by atoms with van der Waals surface area (Å²) in [6.45, 7) is 0. The fraction of sp³-hybridized carbons (Fsp3) is 0.304. The number of hydrogen-bond donors (Lipinski definition) is 1. The lowest BCUT2D eigenvalue weighted by Gasteiger charge is -2.22. The topological polar surface area (TPSA) is 89.3 Å². The first-order valence-electron chi connectivity index (χ1n) is 10.4. The summed E-state index contributed by atoms with van der Waals surface area (Å²) in [5, 5.41) is 2.99. The molecule has 1 N–H and O–H groups in total. The summed E-state index contributed by atoms with van der Waals surface area (Å²) in [6.07, 6.45) is 5.42. The van der Waals surface area contributed by atoms with Crippen LogP contribution in [0.5, 0.6) is 0 Å². The number of nitrogens with zero attached hydrogens (tertiary/aromatic N) is 1. The first-order chi connectivity index (χ1) is 15.4. The van der Waals surface area contributed by atoms with Crippen molar-refractivity contribution < 1.29 is 17.6 Å². The molecular formula is C23H23BrN2O4S2. The standard InChI is InChI=1S/C23H23BrN2O4S2/c24-17-11-13-19(14-12-17)32(28,29)22-23(30-21(26-22)16-7-3-1-4-8-16)31-15-20(27)25-18-9-5-2-6-10-18/h1,3-4,7-8,11-14,18H,2,5-6,9-10,15H2,(H,25,27). The molecule has 1 amide bonds. The average Bonchev–Trinajstić information content (AvgIpc) is 3.25. The minimum absolute atomic E-state index is 0.0583. The van der Waals surface area contributed by atoms with Gasteiger partial charge in [-0.3, -0.25) is 4.79 Å². The third-order valence-corrected chi connectivity index (χ3v) is 8.55. The van der Waals surface area contributed by atoms with Crippen LogP contribution < -0.4 is 5.32 Å². The van der Waals surface area contributed by atoms with E-state index in [1.807, 2.05) is 18.2 Å². The highest BCUT2D eigenvalue weighted by atomic mass is 79.9. The molecule has 0 unspecified atom stereocenters. The van der Waals surface area contributed by atoms with E-state index in [2.05, 4.69) is 26.2 Å². The van der Waals surface area contributed by atoms with Crippen LogP contribution in [0.2, 0.25) is 0 Å². The Morgan fingerprint density at radius 1 is 1.06 bits per heavy atom. The van der Waals surface area contributed by atoms with Gasteiger partial charge in [-0.15, -0.1) is 0 Å². The molecule has 1 aliphatic rings. The fourth-order valence-electron chi connectivity index (χ4n) is 3.63. The predicted octanol–water partition coefficient (Wildman–Crippen LogP) is 5.48. The molecule has 32 heavy (non-hydrogen) atoms. The van der Waals surface area contributed by atoms with Gasteiger partial charge in [0.2, 0.25) is 31.8 Å². The molecule has 0 aliphatic heterocycles. The summed E-state index contributed by atoms with van der Waals surface area (Å²) in [7, 11) is -3.93. The van der Waals surface area contributed by atoms with Crippen LogP contribution in [0, 0.1) is 0 Å². The molecule has 1 aliphatic carbocycles. The van der Waals surface area contributed by atoms with Gasteiger partial charge >= 0.3 is 0 Å². The third-order valence-electron chi connectivity index (χ3n) is 5.27. The number of nitrogens with one attached hydrogen (secondary N) is 1. The SMILES string of the molecule is O=C(CSc1oc(-c2ccccc2)nc1S(=O)(=O)c1ccc(Br)cc1)NC1CCCCC1. The van der Waals surface area contributed by atoms with E-state index in [0.29, 0.717) is 5.56 Å². The fourth-order valence-corrected chi connectivity index (χ4v) is 6.23. The van der Waals surface area contributed by atoms with E-state index in [1.54, 1.807) is 24.3 Å². The van der Waals surface area contributed by atoms with Crippen LogP contribution in [0.25, 0.3) is 11.5 Å². The number of thioether (sulfide) groups is 1. The minimum atomic E-state index is -3.93. The zero-order chi connectivity index (χ0) is 22.6. The van der Waals surface area contributed by atoms with Crippen molar-refractivity contribution in [1.29, 1.82) is 0 Å². The van der Waals surface area contributed by atoms with Crippen LogP contribution in [0.1, 0.15) is 32.1 Å². The van der Waals surface area contributed by atoms with Crippen LogP contribution in [0.3, 0.4) is 0 Å². The van der Waals surface area contributed by atoms with Gasteiger partial charge in [0.1, 0.15) is 0 Å². The highest BCUT2D eigenvalue weighted by Gasteiger charge is 2.29. The van der Waals surface area contributed by atoms with Gasteiger partial charge in [0.15, 0.2) is 0 Å². The molecule has 1 fully saturated rings. The molecule has 4 rings (SSSR count). The van der Waals surface area contributed by atoms with E-state index in [1.165, 1.54) is 18.6 Å². The van der Waals surface area contributed by atoms with E-state index in [-0.39, 0.29) is 38.6 Å². The molecule has 0 saturated heterocycles. The van der Waals surface area contributed by atoms with Crippen LogP contribution in [0.15, 0.2) is 78.5 Å². The first-order valence-corrected chi connectivity index (χ1v) is 13.7. The molecule has 0 bridgehead atoms. The Morgan fingerprint density at radius 3 is 2.44 bits per heavy atom. The van der Waals surface area contributed by atoms with Crippen molar-refractivity contribution in [2.75, 3.05) is 5.75 Å². The number of rotatable bonds is 7. The minimum Gasteiger partial charge on any atom is -0.428 e. The molecule has 1 aromatic heterocycles. The Balaban J connectivity index is 1.60. The molecule has 168 valence electrons. The zero-order valence-corrected chi connectivity index (χ0v) is 20.5. The number of aromatic nitrogens is 1. The number of hydrogen-bond acceptors (Lipinski definition) is 6. The first kappa shape index (κ1) is 23.1. The van der Waals surface area contributed by atoms with Crippen LogP contribution in [0.4, 0.5) is 0 Å². The van der Waals surface area contributed by atoms with Gasteiger partial charge in [0.05, 0.1) is 10.6 Å². The number of halogens is 1. The van der Waals surface area contributed by atoms with Crippen LogP contribution in [-0.2, 0) is 14.6 Å². The van der Waals surface area contributed by atoms with Gasteiger partial charge < -0.3 is 9.73 Å². The van der Waals surface area contributed by atoms with Gasteiger partial charge in [0, 0.05) is 16.1 Å². The number of carbonyl (C=O) groups excluding carboxylic acids is 1. The Kier molecular flexibility index (Phi) is 7.37. The van der Waals surface area contributed by atoms with E-state index in [9.17, 15) is 13.2 Å². The van der Waals surface area contributed by atoms with Crippen molar-refractivity contribution >= 4 is 43.4 Å². The van der Waals surface area contributed by atoms with Crippen molar-refractivity contribution in [1.82, 2.24) is 10.3 Å². The summed E-state index contributed by atoms with van der Waals surface area (Å²) in [5.41, 5.74) is 0.665. The van der Waals surface area contributed by atoms with E-state index in [4.69, 9.17) is 4.42 Å². The monoisotopic (exact) mass is 534 g/mol. The van der Waals surface area contributed by atoms with Crippen molar-refractivity contribution in [2.24, 2.45) is 0 Å². The molecular weight excluding hydrogens is 512 g/mol. The highest BCUT2D eigenvalue weighted by molar-refractivity contribution is 9.10. The molecule has 0 radical (unpaired) electrons. The van der Waals surface area contributed by atoms with E-state index >= 15 is 0 Å². The highest BCUT2D eigenvalue weighted by Crippen LogP contribution is 2.35. The number of sulfone groups is 1. The maximum absolute atomic E-state index is 13.3. The summed E-state index contributed by atoms with van der Waals surface area (Å²) in [6, 6.07) is 15.7. The lowest BCUT2D eigenvalue weighted by Crippen LogP contribution is -2.37. The van der Waals surface area contributed by atoms with Gasteiger partial charge in [-0.1, -0.05) is 65.2 Å². The number of benzene rings is 2.